The zero-order valence-electron chi connectivity index (χ0n) is 10.1. The van der Waals surface area contributed by atoms with Crippen LogP contribution >= 0.6 is 0 Å². The zero-order valence-corrected chi connectivity index (χ0v) is 10.1. The van der Waals surface area contributed by atoms with E-state index in [0.717, 1.165) is 0 Å². The van der Waals surface area contributed by atoms with Crippen molar-refractivity contribution in [2.24, 2.45) is 0 Å². The third-order valence-corrected chi connectivity index (χ3v) is 2.11. The standard InChI is InChI=1S/C15H16O2/c1-4-6-14(7-5-2)17-15-10-8-13(9-11-15)12(3)16/h4-11H,1H2,2-3H3/b7-5-,14-6+. The molecule has 0 amide bonds. The Morgan fingerprint density at radius 1 is 1.29 bits per heavy atom. The number of carbonyl (C=O) groups excluding carboxylic acids is 1. The van der Waals surface area contributed by atoms with Gasteiger partial charge in [0, 0.05) is 5.56 Å². The molecular formula is C15H16O2. The number of hydrogen-bond donors (Lipinski definition) is 0. The molecule has 0 spiro atoms. The Kier molecular flexibility index (Phi) is 4.95. The average molecular weight is 228 g/mol. The molecule has 0 N–H and O–H groups in total. The van der Waals surface area contributed by atoms with Crippen LogP contribution in [0.5, 0.6) is 5.75 Å². The van der Waals surface area contributed by atoms with Crippen molar-refractivity contribution in [2.75, 3.05) is 0 Å². The van der Waals surface area contributed by atoms with Crippen LogP contribution in [0.3, 0.4) is 0 Å². The Balaban J connectivity index is 2.84. The molecule has 0 fully saturated rings. The number of rotatable bonds is 5. The van der Waals surface area contributed by atoms with E-state index in [1.807, 2.05) is 19.1 Å². The summed E-state index contributed by atoms with van der Waals surface area (Å²) in [6.45, 7) is 7.08. The molecule has 0 aliphatic heterocycles. The van der Waals surface area contributed by atoms with Crippen molar-refractivity contribution < 1.29 is 9.53 Å². The van der Waals surface area contributed by atoms with Crippen molar-refractivity contribution in [3.63, 3.8) is 0 Å². The van der Waals surface area contributed by atoms with E-state index < -0.39 is 0 Å². The second kappa shape index (κ2) is 6.48. The van der Waals surface area contributed by atoms with Crippen LogP contribution in [0.15, 0.2) is 60.9 Å². The van der Waals surface area contributed by atoms with Crippen molar-refractivity contribution >= 4 is 5.78 Å². The fourth-order valence-electron chi connectivity index (χ4n) is 1.30. The van der Waals surface area contributed by atoms with Gasteiger partial charge in [-0.3, -0.25) is 4.79 Å². The SMILES string of the molecule is C=C/C=C(\C=C/C)Oc1ccc(C(C)=O)cc1. The predicted molar refractivity (Wildman–Crippen MR) is 70.2 cm³/mol. The van der Waals surface area contributed by atoms with Gasteiger partial charge < -0.3 is 4.74 Å². The van der Waals surface area contributed by atoms with Crippen LogP contribution in [-0.2, 0) is 0 Å². The minimum atomic E-state index is 0.0480. The van der Waals surface area contributed by atoms with Gasteiger partial charge in [0.15, 0.2) is 5.78 Å². The first kappa shape index (κ1) is 13.0. The molecule has 2 nitrogen and oxygen atoms in total. The molecule has 0 heterocycles. The number of hydrogen-bond acceptors (Lipinski definition) is 2. The van der Waals surface area contributed by atoms with Crippen LogP contribution in [0.1, 0.15) is 24.2 Å². The molecule has 0 saturated heterocycles. The van der Waals surface area contributed by atoms with Crippen LogP contribution < -0.4 is 4.74 Å². The van der Waals surface area contributed by atoms with E-state index >= 15 is 0 Å². The van der Waals surface area contributed by atoms with Gasteiger partial charge in [-0.25, -0.2) is 0 Å². The van der Waals surface area contributed by atoms with Crippen LogP contribution in [0.25, 0.3) is 0 Å². The van der Waals surface area contributed by atoms with Crippen molar-refractivity contribution in [1.29, 1.82) is 0 Å². The molecule has 0 unspecified atom stereocenters. The first-order valence-electron chi connectivity index (χ1n) is 5.41. The quantitative estimate of drug-likeness (QED) is 0.434. The highest BCUT2D eigenvalue weighted by atomic mass is 16.5. The summed E-state index contributed by atoms with van der Waals surface area (Å²) in [5.41, 5.74) is 0.678. The zero-order chi connectivity index (χ0) is 12.7. The van der Waals surface area contributed by atoms with E-state index in [-0.39, 0.29) is 5.78 Å². The van der Waals surface area contributed by atoms with Gasteiger partial charge in [0.1, 0.15) is 11.5 Å². The van der Waals surface area contributed by atoms with Crippen LogP contribution in [0, 0.1) is 0 Å². The van der Waals surface area contributed by atoms with Gasteiger partial charge in [0.2, 0.25) is 0 Å². The molecular weight excluding hydrogens is 212 g/mol. The van der Waals surface area contributed by atoms with Gasteiger partial charge in [-0.2, -0.15) is 0 Å². The molecule has 0 aliphatic rings. The molecule has 1 aromatic rings. The second-order valence-corrected chi connectivity index (χ2v) is 3.49. The number of carbonyl (C=O) groups is 1. The first-order valence-corrected chi connectivity index (χ1v) is 5.41. The third-order valence-electron chi connectivity index (χ3n) is 2.11. The van der Waals surface area contributed by atoms with Gasteiger partial charge in [-0.05, 0) is 50.3 Å². The lowest BCUT2D eigenvalue weighted by atomic mass is 10.1. The summed E-state index contributed by atoms with van der Waals surface area (Å²) in [5, 5.41) is 0. The molecule has 0 aliphatic carbocycles. The second-order valence-electron chi connectivity index (χ2n) is 3.49. The summed E-state index contributed by atoms with van der Waals surface area (Å²) >= 11 is 0. The van der Waals surface area contributed by atoms with Crippen molar-refractivity contribution in [3.8, 4) is 5.75 Å². The van der Waals surface area contributed by atoms with Gasteiger partial charge in [-0.15, -0.1) is 0 Å². The molecule has 1 aromatic carbocycles. The average Bonchev–Trinajstić information content (AvgIpc) is 2.30. The first-order chi connectivity index (χ1) is 8.17. The Morgan fingerprint density at radius 2 is 1.94 bits per heavy atom. The fourth-order valence-corrected chi connectivity index (χ4v) is 1.30. The molecule has 0 aromatic heterocycles. The number of benzene rings is 1. The summed E-state index contributed by atoms with van der Waals surface area (Å²) in [7, 11) is 0. The van der Waals surface area contributed by atoms with E-state index in [0.29, 0.717) is 17.1 Å². The summed E-state index contributed by atoms with van der Waals surface area (Å²) in [4.78, 5) is 11.1. The number of allylic oxidation sites excluding steroid dienone is 4. The largest absolute Gasteiger partial charge is 0.457 e. The molecule has 0 radical (unpaired) electrons. The van der Waals surface area contributed by atoms with Crippen LogP contribution in [-0.4, -0.2) is 5.78 Å². The molecule has 17 heavy (non-hydrogen) atoms. The maximum absolute atomic E-state index is 11.1. The van der Waals surface area contributed by atoms with Crippen LogP contribution in [0.4, 0.5) is 0 Å². The summed E-state index contributed by atoms with van der Waals surface area (Å²) < 4.78 is 5.62. The summed E-state index contributed by atoms with van der Waals surface area (Å²) in [6, 6.07) is 7.05. The predicted octanol–water partition coefficient (Wildman–Crippen LogP) is 3.91. The smallest absolute Gasteiger partial charge is 0.159 e. The Hall–Kier alpha value is -2.09. The summed E-state index contributed by atoms with van der Waals surface area (Å²) in [6.07, 6.45) is 7.18. The highest BCUT2D eigenvalue weighted by Gasteiger charge is 2.00. The number of ketones is 1. The van der Waals surface area contributed by atoms with Gasteiger partial charge in [-0.1, -0.05) is 18.7 Å². The molecule has 0 bridgehead atoms. The maximum Gasteiger partial charge on any atom is 0.159 e. The van der Waals surface area contributed by atoms with Crippen molar-refractivity contribution in [3.05, 3.63) is 66.5 Å². The Labute approximate surface area is 102 Å². The highest BCUT2D eigenvalue weighted by molar-refractivity contribution is 5.94. The van der Waals surface area contributed by atoms with E-state index in [1.54, 1.807) is 43.3 Å². The fraction of sp³-hybridized carbons (Fsp3) is 0.133. The van der Waals surface area contributed by atoms with Crippen LogP contribution in [0.2, 0.25) is 0 Å². The normalized spacial score (nSPS) is 11.5. The minimum Gasteiger partial charge on any atom is -0.457 e. The Morgan fingerprint density at radius 3 is 2.41 bits per heavy atom. The maximum atomic E-state index is 11.1. The van der Waals surface area contributed by atoms with E-state index in [9.17, 15) is 4.79 Å². The van der Waals surface area contributed by atoms with E-state index in [2.05, 4.69) is 6.58 Å². The number of Topliss-reactive ketones (excluding diaryl/α,β-unsaturated/α-hetero) is 1. The molecule has 0 saturated carbocycles. The lowest BCUT2D eigenvalue weighted by molar-refractivity contribution is 0.101. The summed E-state index contributed by atoms with van der Waals surface area (Å²) in [5.74, 6) is 1.45. The van der Waals surface area contributed by atoms with Gasteiger partial charge in [0.05, 0.1) is 0 Å². The van der Waals surface area contributed by atoms with Gasteiger partial charge in [0.25, 0.3) is 0 Å². The van der Waals surface area contributed by atoms with Gasteiger partial charge >= 0.3 is 0 Å². The molecule has 0 atom stereocenters. The number of ether oxygens (including phenoxy) is 1. The topological polar surface area (TPSA) is 26.3 Å². The third kappa shape index (κ3) is 4.11. The Bertz CT molecular complexity index is 450. The van der Waals surface area contributed by atoms with Crippen molar-refractivity contribution in [1.82, 2.24) is 0 Å². The lowest BCUT2D eigenvalue weighted by Crippen LogP contribution is -1.94. The van der Waals surface area contributed by atoms with E-state index in [4.69, 9.17) is 4.74 Å². The minimum absolute atomic E-state index is 0.0480. The molecule has 88 valence electrons. The monoisotopic (exact) mass is 228 g/mol. The lowest BCUT2D eigenvalue weighted by Gasteiger charge is -2.06. The highest BCUT2D eigenvalue weighted by Crippen LogP contribution is 2.16. The van der Waals surface area contributed by atoms with Crippen molar-refractivity contribution in [2.45, 2.75) is 13.8 Å². The van der Waals surface area contributed by atoms with E-state index in [1.165, 1.54) is 0 Å². The molecule has 2 heteroatoms. The molecule has 1 rings (SSSR count).